The van der Waals surface area contributed by atoms with E-state index in [4.69, 9.17) is 5.26 Å². The topological polar surface area (TPSA) is 40.9 Å². The van der Waals surface area contributed by atoms with Crippen LogP contribution in [0.5, 0.6) is 0 Å². The van der Waals surface area contributed by atoms with E-state index in [-0.39, 0.29) is 16.9 Å². The van der Waals surface area contributed by atoms with Gasteiger partial charge in [-0.2, -0.15) is 5.26 Å². The highest BCUT2D eigenvalue weighted by Gasteiger charge is 2.15. The summed E-state index contributed by atoms with van der Waals surface area (Å²) in [4.78, 5) is 11.2. The molecule has 78 valence electrons. The largest absolute Gasteiger partial charge is 0.299 e. The number of rotatable bonds is 4. The molecule has 1 rings (SSSR count). The minimum Gasteiger partial charge on any atom is -0.299 e. The fourth-order valence-corrected chi connectivity index (χ4v) is 1.74. The number of hydrogen-bond acceptors (Lipinski definition) is 3. The number of Topliss-reactive ketones (excluding diaryl/α,β-unsaturated/α-hetero) is 1. The Morgan fingerprint density at radius 3 is 2.60 bits per heavy atom. The quantitative estimate of drug-likeness (QED) is 0.736. The summed E-state index contributed by atoms with van der Waals surface area (Å²) in [6.45, 7) is 1.46. The average molecular weight is 223 g/mol. The number of carbonyl (C=O) groups excluding carboxylic acids is 1. The lowest BCUT2D eigenvalue weighted by molar-refractivity contribution is -0.116. The normalized spacial score (nSPS) is 11.8. The number of nitrogens with zero attached hydrogens (tertiary/aromatic N) is 1. The van der Waals surface area contributed by atoms with E-state index in [1.165, 1.54) is 19.1 Å². The second kappa shape index (κ2) is 5.52. The summed E-state index contributed by atoms with van der Waals surface area (Å²) in [7, 11) is 0. The summed E-state index contributed by atoms with van der Waals surface area (Å²) >= 11 is 0.946. The standard InChI is InChI=1S/C11H10FNOS/c1-8(14)11(15-7-13)6-9-2-4-10(12)5-3-9/h2-5,11H,6H2,1H3/t11-/m0/s1. The van der Waals surface area contributed by atoms with Gasteiger partial charge in [0.15, 0.2) is 0 Å². The Kier molecular flexibility index (Phi) is 4.32. The maximum Gasteiger partial charge on any atom is 0.144 e. The predicted molar refractivity (Wildman–Crippen MR) is 57.8 cm³/mol. The second-order valence-corrected chi connectivity index (χ2v) is 4.13. The van der Waals surface area contributed by atoms with Crippen LogP contribution in [-0.4, -0.2) is 11.0 Å². The number of thiocyanates is 1. The molecule has 4 heteroatoms. The molecule has 0 saturated heterocycles. The van der Waals surface area contributed by atoms with Gasteiger partial charge in [-0.25, -0.2) is 4.39 Å². The van der Waals surface area contributed by atoms with Crippen molar-refractivity contribution >= 4 is 17.5 Å². The predicted octanol–water partition coefficient (Wildman–Crippen LogP) is 2.54. The molecular weight excluding hydrogens is 213 g/mol. The van der Waals surface area contributed by atoms with Crippen molar-refractivity contribution in [1.82, 2.24) is 0 Å². The molecular formula is C11H10FNOS. The van der Waals surface area contributed by atoms with Gasteiger partial charge in [0.25, 0.3) is 0 Å². The molecule has 15 heavy (non-hydrogen) atoms. The van der Waals surface area contributed by atoms with E-state index in [0.29, 0.717) is 6.42 Å². The van der Waals surface area contributed by atoms with Gasteiger partial charge in [0.2, 0.25) is 0 Å². The number of carbonyl (C=O) groups is 1. The molecule has 0 aliphatic rings. The van der Waals surface area contributed by atoms with Crippen LogP contribution in [0.3, 0.4) is 0 Å². The van der Waals surface area contributed by atoms with Crippen molar-refractivity contribution in [2.75, 3.05) is 0 Å². The molecule has 0 bridgehead atoms. The van der Waals surface area contributed by atoms with Crippen LogP contribution < -0.4 is 0 Å². The van der Waals surface area contributed by atoms with Crippen LogP contribution in [0, 0.1) is 16.5 Å². The van der Waals surface area contributed by atoms with Gasteiger partial charge in [0, 0.05) is 0 Å². The molecule has 0 unspecified atom stereocenters. The Morgan fingerprint density at radius 2 is 2.13 bits per heavy atom. The second-order valence-electron chi connectivity index (χ2n) is 3.14. The molecule has 1 atom stereocenters. The zero-order valence-corrected chi connectivity index (χ0v) is 9.05. The SMILES string of the molecule is CC(=O)[C@H](Cc1ccc(F)cc1)SC#N. The van der Waals surface area contributed by atoms with Crippen molar-refractivity contribution in [1.29, 1.82) is 5.26 Å². The van der Waals surface area contributed by atoms with Gasteiger partial charge in [-0.15, -0.1) is 0 Å². The lowest BCUT2D eigenvalue weighted by Crippen LogP contribution is -2.15. The Morgan fingerprint density at radius 1 is 1.53 bits per heavy atom. The Balaban J connectivity index is 2.70. The molecule has 0 saturated carbocycles. The van der Waals surface area contributed by atoms with Gasteiger partial charge >= 0.3 is 0 Å². The molecule has 0 aromatic heterocycles. The summed E-state index contributed by atoms with van der Waals surface area (Å²) in [6, 6.07) is 5.96. The summed E-state index contributed by atoms with van der Waals surface area (Å²) in [5, 5.41) is 10.1. The maximum atomic E-state index is 12.6. The fourth-order valence-electron chi connectivity index (χ4n) is 1.17. The third-order valence-electron chi connectivity index (χ3n) is 1.98. The van der Waals surface area contributed by atoms with Crippen LogP contribution in [0.1, 0.15) is 12.5 Å². The van der Waals surface area contributed by atoms with E-state index in [0.717, 1.165) is 17.3 Å². The summed E-state index contributed by atoms with van der Waals surface area (Å²) in [6.07, 6.45) is 0.466. The van der Waals surface area contributed by atoms with Gasteiger partial charge in [-0.3, -0.25) is 4.79 Å². The monoisotopic (exact) mass is 223 g/mol. The highest BCUT2D eigenvalue weighted by Crippen LogP contribution is 2.16. The first kappa shape index (κ1) is 11.7. The molecule has 1 aromatic carbocycles. The first-order chi connectivity index (χ1) is 7.13. The van der Waals surface area contributed by atoms with E-state index in [1.54, 1.807) is 12.1 Å². The van der Waals surface area contributed by atoms with Crippen molar-refractivity contribution in [2.45, 2.75) is 18.6 Å². The first-order valence-corrected chi connectivity index (χ1v) is 5.31. The van der Waals surface area contributed by atoms with Crippen molar-refractivity contribution < 1.29 is 9.18 Å². The number of nitriles is 1. The number of halogens is 1. The van der Waals surface area contributed by atoms with Crippen LogP contribution in [0.15, 0.2) is 24.3 Å². The molecule has 1 aromatic rings. The van der Waals surface area contributed by atoms with Crippen LogP contribution in [0.4, 0.5) is 4.39 Å². The van der Waals surface area contributed by atoms with E-state index in [1.807, 2.05) is 5.40 Å². The zero-order chi connectivity index (χ0) is 11.3. The van der Waals surface area contributed by atoms with Gasteiger partial charge < -0.3 is 0 Å². The third-order valence-corrected chi connectivity index (χ3v) is 2.87. The summed E-state index contributed by atoms with van der Waals surface area (Å²) < 4.78 is 12.6. The average Bonchev–Trinajstić information content (AvgIpc) is 2.20. The maximum absolute atomic E-state index is 12.6. The molecule has 0 amide bonds. The lowest BCUT2D eigenvalue weighted by Gasteiger charge is -2.08. The van der Waals surface area contributed by atoms with Gasteiger partial charge in [-0.1, -0.05) is 12.1 Å². The molecule has 2 nitrogen and oxygen atoms in total. The van der Waals surface area contributed by atoms with Crippen LogP contribution in [0.25, 0.3) is 0 Å². The molecule has 0 aliphatic heterocycles. The summed E-state index contributed by atoms with van der Waals surface area (Å²) in [5.41, 5.74) is 0.861. The molecule has 0 heterocycles. The Labute approximate surface area is 92.1 Å². The first-order valence-electron chi connectivity index (χ1n) is 4.43. The van der Waals surface area contributed by atoms with E-state index < -0.39 is 0 Å². The van der Waals surface area contributed by atoms with Crippen LogP contribution in [0.2, 0.25) is 0 Å². The smallest absolute Gasteiger partial charge is 0.144 e. The molecule has 0 aliphatic carbocycles. The van der Waals surface area contributed by atoms with Gasteiger partial charge in [-0.05, 0) is 42.8 Å². The minimum absolute atomic E-state index is 0.0362. The number of ketones is 1. The van der Waals surface area contributed by atoms with E-state index in [2.05, 4.69) is 0 Å². The van der Waals surface area contributed by atoms with Gasteiger partial charge in [0.05, 0.1) is 5.25 Å². The van der Waals surface area contributed by atoms with Crippen molar-refractivity contribution in [3.05, 3.63) is 35.6 Å². The molecule has 0 fully saturated rings. The van der Waals surface area contributed by atoms with Crippen LogP contribution >= 0.6 is 11.8 Å². The molecule has 0 spiro atoms. The van der Waals surface area contributed by atoms with Crippen molar-refractivity contribution in [3.8, 4) is 5.40 Å². The van der Waals surface area contributed by atoms with Crippen molar-refractivity contribution in [3.63, 3.8) is 0 Å². The Hall–Kier alpha value is -1.34. The Bertz CT molecular complexity index is 383. The third kappa shape index (κ3) is 3.72. The highest BCUT2D eigenvalue weighted by atomic mass is 32.2. The van der Waals surface area contributed by atoms with E-state index in [9.17, 15) is 9.18 Å². The fraction of sp³-hybridized carbons (Fsp3) is 0.273. The molecule has 0 radical (unpaired) electrons. The number of hydrogen-bond donors (Lipinski definition) is 0. The zero-order valence-electron chi connectivity index (χ0n) is 8.24. The lowest BCUT2D eigenvalue weighted by atomic mass is 10.1. The van der Waals surface area contributed by atoms with Crippen LogP contribution in [-0.2, 0) is 11.2 Å². The molecule has 0 N–H and O–H groups in total. The van der Waals surface area contributed by atoms with E-state index >= 15 is 0 Å². The van der Waals surface area contributed by atoms with Gasteiger partial charge in [0.1, 0.15) is 17.0 Å². The highest BCUT2D eigenvalue weighted by molar-refractivity contribution is 8.04. The summed E-state index contributed by atoms with van der Waals surface area (Å²) in [5.74, 6) is -0.336. The number of benzene rings is 1. The van der Waals surface area contributed by atoms with Crippen molar-refractivity contribution in [2.24, 2.45) is 0 Å². The number of thioether (sulfide) groups is 1. The minimum atomic E-state index is -0.361.